The molecule has 1 rings (SSSR count). The third-order valence-corrected chi connectivity index (χ3v) is 4.23. The van der Waals surface area contributed by atoms with E-state index in [1.54, 1.807) is 32.7 Å². The topological polar surface area (TPSA) is 76.2 Å². The summed E-state index contributed by atoms with van der Waals surface area (Å²) >= 11 is 0. The van der Waals surface area contributed by atoms with Crippen LogP contribution in [0.5, 0.6) is 0 Å². The van der Waals surface area contributed by atoms with E-state index >= 15 is 0 Å². The number of likely N-dealkylation sites (N-methyl/N-ethyl adjacent to an activating group) is 1. The fraction of sp³-hybridized carbons (Fsp3) is 0.850. The third kappa shape index (κ3) is 7.03. The molecule has 2 atom stereocenters. The molecule has 1 aliphatic heterocycles. The van der Waals surface area contributed by atoms with E-state index in [2.05, 4.69) is 0 Å². The lowest BCUT2D eigenvalue weighted by atomic mass is 9.99. The fourth-order valence-electron chi connectivity index (χ4n) is 3.12. The largest absolute Gasteiger partial charge is 0.458 e. The molecule has 1 aliphatic rings. The SMILES string of the molecule is CC(C)C(C(=O)OC(C)(C)C)N(C)C(=O)[C@H]1CCN(C(=O)OC(C)(C)C)C1. The normalized spacial score (nSPS) is 19.0. The van der Waals surface area contributed by atoms with Gasteiger partial charge in [-0.15, -0.1) is 0 Å². The van der Waals surface area contributed by atoms with Gasteiger partial charge in [0.25, 0.3) is 0 Å². The molecule has 2 amide bonds. The molecule has 156 valence electrons. The second-order valence-corrected chi connectivity index (χ2v) is 9.58. The number of carbonyl (C=O) groups is 3. The second kappa shape index (κ2) is 8.48. The van der Waals surface area contributed by atoms with Crippen LogP contribution in [0.25, 0.3) is 0 Å². The van der Waals surface area contributed by atoms with Gasteiger partial charge in [0.2, 0.25) is 5.91 Å². The summed E-state index contributed by atoms with van der Waals surface area (Å²) in [6, 6.07) is -0.660. The van der Waals surface area contributed by atoms with Crippen LogP contribution < -0.4 is 0 Å². The minimum Gasteiger partial charge on any atom is -0.458 e. The van der Waals surface area contributed by atoms with Gasteiger partial charge in [-0.05, 0) is 53.9 Å². The Labute approximate surface area is 163 Å². The summed E-state index contributed by atoms with van der Waals surface area (Å²) in [6.07, 6.45) is 0.148. The first-order valence-electron chi connectivity index (χ1n) is 9.60. The zero-order chi connectivity index (χ0) is 21.2. The van der Waals surface area contributed by atoms with Crippen molar-refractivity contribution in [1.29, 1.82) is 0 Å². The molecular weight excluding hydrogens is 348 g/mol. The van der Waals surface area contributed by atoms with Crippen LogP contribution in [0.4, 0.5) is 4.79 Å². The molecule has 7 heteroatoms. The van der Waals surface area contributed by atoms with Gasteiger partial charge in [-0.3, -0.25) is 4.79 Å². The molecule has 7 nitrogen and oxygen atoms in total. The van der Waals surface area contributed by atoms with Crippen molar-refractivity contribution in [3.63, 3.8) is 0 Å². The maximum absolute atomic E-state index is 13.0. The maximum atomic E-state index is 13.0. The Balaban J connectivity index is 2.79. The molecule has 0 saturated carbocycles. The highest BCUT2D eigenvalue weighted by atomic mass is 16.6. The number of rotatable bonds is 4. The van der Waals surface area contributed by atoms with Gasteiger partial charge >= 0.3 is 12.1 Å². The van der Waals surface area contributed by atoms with Gasteiger partial charge in [-0.25, -0.2) is 9.59 Å². The number of carbonyl (C=O) groups excluding carboxylic acids is 3. The number of amides is 2. The fourth-order valence-corrected chi connectivity index (χ4v) is 3.12. The highest BCUT2D eigenvalue weighted by Crippen LogP contribution is 2.24. The first-order chi connectivity index (χ1) is 12.1. The number of hydrogen-bond donors (Lipinski definition) is 0. The molecule has 0 radical (unpaired) electrons. The second-order valence-electron chi connectivity index (χ2n) is 9.58. The van der Waals surface area contributed by atoms with Crippen molar-refractivity contribution in [1.82, 2.24) is 9.80 Å². The molecule has 0 aromatic carbocycles. The molecule has 0 aromatic rings. The third-order valence-electron chi connectivity index (χ3n) is 4.23. The molecular formula is C20H36N2O5. The molecule has 27 heavy (non-hydrogen) atoms. The van der Waals surface area contributed by atoms with E-state index in [1.807, 2.05) is 34.6 Å². The maximum Gasteiger partial charge on any atom is 0.410 e. The van der Waals surface area contributed by atoms with E-state index in [9.17, 15) is 14.4 Å². The van der Waals surface area contributed by atoms with Crippen LogP contribution in [-0.2, 0) is 19.1 Å². The van der Waals surface area contributed by atoms with Crippen LogP contribution >= 0.6 is 0 Å². The summed E-state index contributed by atoms with van der Waals surface area (Å²) in [7, 11) is 1.63. The van der Waals surface area contributed by atoms with Gasteiger partial charge in [0.05, 0.1) is 5.92 Å². The van der Waals surface area contributed by atoms with E-state index in [0.717, 1.165) is 0 Å². The van der Waals surface area contributed by atoms with Gasteiger partial charge < -0.3 is 19.3 Å². The number of esters is 1. The standard InChI is InChI=1S/C20H36N2O5/c1-13(2)15(17(24)26-19(3,4)5)21(9)16(23)14-10-11-22(12-14)18(25)27-20(6,7)8/h13-15H,10-12H2,1-9H3/t14-,15?/m0/s1. The molecule has 1 unspecified atom stereocenters. The van der Waals surface area contributed by atoms with Crippen molar-refractivity contribution in [3.8, 4) is 0 Å². The Morgan fingerprint density at radius 1 is 1.00 bits per heavy atom. The van der Waals surface area contributed by atoms with Crippen molar-refractivity contribution in [2.45, 2.75) is 79.1 Å². The summed E-state index contributed by atoms with van der Waals surface area (Å²) in [6.45, 7) is 15.4. The van der Waals surface area contributed by atoms with Gasteiger partial charge in [0.15, 0.2) is 0 Å². The monoisotopic (exact) mass is 384 g/mol. The molecule has 1 saturated heterocycles. The van der Waals surface area contributed by atoms with Gasteiger partial charge in [-0.1, -0.05) is 13.8 Å². The minimum atomic E-state index is -0.660. The highest BCUT2D eigenvalue weighted by molar-refractivity contribution is 5.86. The van der Waals surface area contributed by atoms with Crippen LogP contribution in [0, 0.1) is 11.8 Å². The van der Waals surface area contributed by atoms with Crippen molar-refractivity contribution in [2.24, 2.45) is 11.8 Å². The van der Waals surface area contributed by atoms with E-state index < -0.39 is 29.3 Å². The Morgan fingerprint density at radius 3 is 1.96 bits per heavy atom. The molecule has 0 N–H and O–H groups in total. The molecule has 1 heterocycles. The first-order valence-corrected chi connectivity index (χ1v) is 9.60. The predicted octanol–water partition coefficient (Wildman–Crippen LogP) is 3.07. The van der Waals surface area contributed by atoms with E-state index in [4.69, 9.17) is 9.47 Å². The zero-order valence-electron chi connectivity index (χ0n) is 18.3. The summed E-state index contributed by atoms with van der Waals surface area (Å²) in [5.74, 6) is -0.982. The molecule has 0 bridgehead atoms. The molecule has 0 spiro atoms. The first kappa shape index (κ1) is 23.2. The summed E-state index contributed by atoms with van der Waals surface area (Å²) < 4.78 is 10.9. The summed E-state index contributed by atoms with van der Waals surface area (Å²) in [5, 5.41) is 0. The number of ether oxygens (including phenoxy) is 2. The average molecular weight is 385 g/mol. The number of hydrogen-bond acceptors (Lipinski definition) is 5. The summed E-state index contributed by atoms with van der Waals surface area (Å²) in [4.78, 5) is 40.8. The predicted molar refractivity (Wildman–Crippen MR) is 103 cm³/mol. The van der Waals surface area contributed by atoms with E-state index in [-0.39, 0.29) is 17.7 Å². The van der Waals surface area contributed by atoms with Crippen LogP contribution in [0.2, 0.25) is 0 Å². The Bertz CT molecular complexity index is 560. The molecule has 0 aliphatic carbocycles. The van der Waals surface area contributed by atoms with Crippen LogP contribution in [-0.4, -0.2) is 65.2 Å². The van der Waals surface area contributed by atoms with Crippen LogP contribution in [0.3, 0.4) is 0 Å². The van der Waals surface area contributed by atoms with Crippen molar-refractivity contribution >= 4 is 18.0 Å². The lowest BCUT2D eigenvalue weighted by Crippen LogP contribution is -2.50. The lowest BCUT2D eigenvalue weighted by Gasteiger charge is -2.33. The van der Waals surface area contributed by atoms with Gasteiger partial charge in [0, 0.05) is 20.1 Å². The van der Waals surface area contributed by atoms with E-state index in [0.29, 0.717) is 19.5 Å². The zero-order valence-corrected chi connectivity index (χ0v) is 18.3. The van der Waals surface area contributed by atoms with Crippen molar-refractivity contribution in [3.05, 3.63) is 0 Å². The molecule has 0 aromatic heterocycles. The minimum absolute atomic E-state index is 0.0860. The van der Waals surface area contributed by atoms with Gasteiger partial charge in [0.1, 0.15) is 17.2 Å². The summed E-state index contributed by atoms with van der Waals surface area (Å²) in [5.41, 5.74) is -1.19. The van der Waals surface area contributed by atoms with Crippen molar-refractivity contribution < 1.29 is 23.9 Å². The molecule has 1 fully saturated rings. The number of likely N-dealkylation sites (tertiary alicyclic amines) is 1. The Kier molecular flexibility index (Phi) is 7.30. The number of nitrogens with zero attached hydrogens (tertiary/aromatic N) is 2. The van der Waals surface area contributed by atoms with E-state index in [1.165, 1.54) is 4.90 Å². The smallest absolute Gasteiger partial charge is 0.410 e. The average Bonchev–Trinajstić information content (AvgIpc) is 2.91. The lowest BCUT2D eigenvalue weighted by molar-refractivity contribution is -0.166. The van der Waals surface area contributed by atoms with Gasteiger partial charge in [-0.2, -0.15) is 0 Å². The Morgan fingerprint density at radius 2 is 1.52 bits per heavy atom. The van der Waals surface area contributed by atoms with Crippen LogP contribution in [0.1, 0.15) is 61.8 Å². The highest BCUT2D eigenvalue weighted by Gasteiger charge is 2.39. The van der Waals surface area contributed by atoms with Crippen LogP contribution in [0.15, 0.2) is 0 Å². The Hall–Kier alpha value is -1.79. The van der Waals surface area contributed by atoms with Crippen molar-refractivity contribution in [2.75, 3.05) is 20.1 Å². The quantitative estimate of drug-likeness (QED) is 0.696.